The van der Waals surface area contributed by atoms with E-state index < -0.39 is 120 Å². The monoisotopic (exact) mass is 1240 g/mol. The summed E-state index contributed by atoms with van der Waals surface area (Å²) in [5, 5.41) is -0.261. The highest BCUT2D eigenvalue weighted by molar-refractivity contribution is 7.00. The van der Waals surface area contributed by atoms with Gasteiger partial charge in [0.2, 0.25) is 0 Å². The fourth-order valence-corrected chi connectivity index (χ4v) is 14.5. The maximum absolute atomic E-state index is 9.82. The second-order valence-corrected chi connectivity index (χ2v) is 28.1. The predicted molar refractivity (Wildman–Crippen MR) is 407 cm³/mol. The molecule has 17 rings (SSSR count). The van der Waals surface area contributed by atoms with Gasteiger partial charge in [0.1, 0.15) is 0 Å². The highest BCUT2D eigenvalue weighted by Crippen LogP contribution is 2.56. The number of nitrogens with zero attached hydrogens (tertiary/aromatic N) is 4. The minimum atomic E-state index is -0.742. The highest BCUT2D eigenvalue weighted by Gasteiger charge is 2.47. The lowest BCUT2D eigenvalue weighted by Gasteiger charge is -2.47. The molecule has 0 atom stereocenters. The van der Waals surface area contributed by atoms with Crippen molar-refractivity contribution in [1.82, 2.24) is 9.13 Å². The molecule has 13 aromatic carbocycles. The maximum Gasteiger partial charge on any atom is 0.252 e. The minimum absolute atomic E-state index is 0.0422. The summed E-state index contributed by atoms with van der Waals surface area (Å²) < 4.78 is 154. The maximum atomic E-state index is 9.82. The molecule has 4 heterocycles. The fraction of sp³-hybridized carbons (Fsp3) is 0.133. The van der Waals surface area contributed by atoms with E-state index in [1.807, 2.05) is 109 Å². The standard InChI is InChI=1S/C90H75BN4/c1-88(2,3)62-50-71(58-30-14-10-15-31-58)86(72(51-62)59-32-16-11-17-33-59)94-81-56-65(92-77-42-26-22-38-67(77)68-39-23-27-43-78(68)92)46-48-75(81)91-76-49-47-66(93-79-44-28-24-40-69(79)70-41-25-29-45-80(70)93)57-82(76)95(84-55-64(90(7,8)9)54-83(94)85(84)91)87-73(60-34-18-12-19-35-60)52-63(89(4,5)6)53-74(87)61-36-20-13-21-37-61/h10-57H,1-9H3/i22D,23D,24D,25D,26D,27D,28D,29D,38D,39D,40D,41D,42D,43D,44D,45D. The summed E-state index contributed by atoms with van der Waals surface area (Å²) in [6, 6.07) is 58.5. The van der Waals surface area contributed by atoms with E-state index in [0.29, 0.717) is 22.7 Å². The molecule has 0 aliphatic carbocycles. The Hall–Kier alpha value is -10.9. The highest BCUT2D eigenvalue weighted by atomic mass is 15.2. The van der Waals surface area contributed by atoms with Crippen LogP contribution in [0.4, 0.5) is 34.1 Å². The van der Waals surface area contributed by atoms with Gasteiger partial charge in [0.25, 0.3) is 6.71 Å². The molecular weight excluding hydrogens is 1150 g/mol. The van der Waals surface area contributed by atoms with Crippen molar-refractivity contribution in [3.63, 3.8) is 0 Å². The Morgan fingerprint density at radius 3 is 0.853 bits per heavy atom. The van der Waals surface area contributed by atoms with Crippen molar-refractivity contribution in [2.24, 2.45) is 0 Å². The van der Waals surface area contributed by atoms with Crippen LogP contribution in [0, 0.1) is 0 Å². The molecule has 0 fully saturated rings. The number of anilines is 6. The normalized spacial score (nSPS) is 15.4. The summed E-state index contributed by atoms with van der Waals surface area (Å²) in [6.07, 6.45) is 0. The van der Waals surface area contributed by atoms with Crippen LogP contribution in [0.3, 0.4) is 0 Å². The van der Waals surface area contributed by atoms with Gasteiger partial charge in [0.15, 0.2) is 0 Å². The molecule has 458 valence electrons. The van der Waals surface area contributed by atoms with Gasteiger partial charge in [0, 0.05) is 77.9 Å². The third-order valence-corrected chi connectivity index (χ3v) is 19.2. The largest absolute Gasteiger partial charge is 0.310 e. The van der Waals surface area contributed by atoms with Crippen LogP contribution in [-0.4, -0.2) is 15.8 Å². The van der Waals surface area contributed by atoms with Crippen molar-refractivity contribution in [2.45, 2.75) is 78.6 Å². The lowest BCUT2D eigenvalue weighted by molar-refractivity contribution is 0.590. The van der Waals surface area contributed by atoms with E-state index in [9.17, 15) is 16.4 Å². The average molecular weight is 1240 g/mol. The molecule has 2 aliphatic heterocycles. The van der Waals surface area contributed by atoms with Crippen molar-refractivity contribution in [1.29, 1.82) is 0 Å². The molecule has 0 unspecified atom stereocenters. The van der Waals surface area contributed by atoms with Crippen LogP contribution in [0.15, 0.2) is 291 Å². The third kappa shape index (κ3) is 9.41. The molecule has 0 amide bonds. The number of aromatic nitrogens is 2. The Bertz CT molecular complexity index is 5880. The average Bonchev–Trinajstić information content (AvgIpc) is 1.70. The van der Waals surface area contributed by atoms with Crippen LogP contribution in [0.25, 0.3) is 99.5 Å². The van der Waals surface area contributed by atoms with Crippen LogP contribution >= 0.6 is 0 Å². The molecule has 2 aromatic heterocycles. The first-order chi connectivity index (χ1) is 52.7. The van der Waals surface area contributed by atoms with Gasteiger partial charge in [-0.25, -0.2) is 0 Å². The molecular formula is C90H75BN4. The zero-order valence-electron chi connectivity index (χ0n) is 70.3. The van der Waals surface area contributed by atoms with Gasteiger partial charge in [-0.15, -0.1) is 0 Å². The first-order valence-electron chi connectivity index (χ1n) is 40.4. The fourth-order valence-electron chi connectivity index (χ4n) is 14.5. The van der Waals surface area contributed by atoms with E-state index in [1.165, 1.54) is 0 Å². The van der Waals surface area contributed by atoms with E-state index in [2.05, 4.69) is 157 Å². The van der Waals surface area contributed by atoms with Gasteiger partial charge in [0.05, 0.1) is 55.4 Å². The Kier molecular flexibility index (Phi) is 9.92. The predicted octanol–water partition coefficient (Wildman–Crippen LogP) is 22.5. The molecule has 4 nitrogen and oxygen atoms in total. The molecule has 2 aliphatic rings. The van der Waals surface area contributed by atoms with Crippen LogP contribution in [0.1, 0.15) is 101 Å². The summed E-state index contributed by atoms with van der Waals surface area (Å²) in [7, 11) is 0. The summed E-state index contributed by atoms with van der Waals surface area (Å²) in [6.45, 7) is 19.0. The van der Waals surface area contributed by atoms with Crippen molar-refractivity contribution in [3.8, 4) is 55.9 Å². The van der Waals surface area contributed by atoms with Gasteiger partial charge < -0.3 is 18.9 Å². The third-order valence-electron chi connectivity index (χ3n) is 19.2. The SMILES string of the molecule is [2H]c1c([2H])c([2H])c2c(c1[2H])c1c([2H])c([2H])c([2H])c([2H])c1n2-c1ccc2c(c1)N(c1c(-c3ccccc3)cc(C(C)(C)C)cc1-c1ccccc1)c1cc(C(C)(C)C)cc3c1B2c1ccc(-n2c4c([2H])c([2H])c([2H])c([2H])c4c4c([2H])c([2H])c([2H])c([2H])c42)cc1N3c1c(-c2ccccc2)cc(C(C)(C)C)cc1-c1ccccc1. The van der Waals surface area contributed by atoms with Crippen LogP contribution in [-0.2, 0) is 16.2 Å². The lowest BCUT2D eigenvalue weighted by Crippen LogP contribution is -2.61. The van der Waals surface area contributed by atoms with Gasteiger partial charge in [-0.2, -0.15) is 0 Å². The molecule has 0 N–H and O–H groups in total. The Balaban J connectivity index is 1.11. The lowest BCUT2D eigenvalue weighted by atomic mass is 9.33. The van der Waals surface area contributed by atoms with E-state index in [-0.39, 0.29) is 43.6 Å². The molecule has 0 saturated carbocycles. The minimum Gasteiger partial charge on any atom is -0.310 e. The van der Waals surface area contributed by atoms with E-state index in [0.717, 1.165) is 100 Å². The number of hydrogen-bond acceptors (Lipinski definition) is 2. The quantitative estimate of drug-likeness (QED) is 0.141. The Morgan fingerprint density at radius 1 is 0.295 bits per heavy atom. The molecule has 95 heavy (non-hydrogen) atoms. The van der Waals surface area contributed by atoms with E-state index in [1.54, 1.807) is 9.13 Å². The van der Waals surface area contributed by atoms with Crippen LogP contribution in [0.2, 0.25) is 0 Å². The molecule has 0 radical (unpaired) electrons. The second-order valence-electron chi connectivity index (χ2n) is 28.1. The Labute approximate surface area is 581 Å². The first kappa shape index (κ1) is 43.1. The van der Waals surface area contributed by atoms with Gasteiger partial charge in [-0.05, 0) is 156 Å². The van der Waals surface area contributed by atoms with Crippen LogP contribution < -0.4 is 26.2 Å². The van der Waals surface area contributed by atoms with Gasteiger partial charge in [-0.3, -0.25) is 0 Å². The zero-order valence-corrected chi connectivity index (χ0v) is 54.3. The second kappa shape index (κ2) is 21.9. The number of fused-ring (bicyclic) bond motifs is 10. The molecule has 5 heteroatoms. The zero-order chi connectivity index (χ0) is 78.6. The summed E-state index contributed by atoms with van der Waals surface area (Å²) in [5.74, 6) is 0. The summed E-state index contributed by atoms with van der Waals surface area (Å²) in [4.78, 5) is 4.68. The molecule has 0 saturated heterocycles. The summed E-state index contributed by atoms with van der Waals surface area (Å²) >= 11 is 0. The molecule has 0 bridgehead atoms. The number of hydrogen-bond donors (Lipinski definition) is 0. The molecule has 15 aromatic rings. The number of para-hydroxylation sites is 4. The number of benzene rings is 13. The van der Waals surface area contributed by atoms with Crippen molar-refractivity contribution in [3.05, 3.63) is 307 Å². The van der Waals surface area contributed by atoms with Crippen molar-refractivity contribution >= 4 is 101 Å². The van der Waals surface area contributed by atoms with Crippen LogP contribution in [0.5, 0.6) is 0 Å². The topological polar surface area (TPSA) is 16.3 Å². The van der Waals surface area contributed by atoms with Crippen molar-refractivity contribution in [2.75, 3.05) is 9.80 Å². The van der Waals surface area contributed by atoms with Gasteiger partial charge >= 0.3 is 0 Å². The smallest absolute Gasteiger partial charge is 0.252 e. The van der Waals surface area contributed by atoms with E-state index in [4.69, 9.17) is 5.48 Å². The van der Waals surface area contributed by atoms with Gasteiger partial charge in [-0.1, -0.05) is 268 Å². The Morgan fingerprint density at radius 2 is 0.568 bits per heavy atom. The molecule has 0 spiro atoms. The van der Waals surface area contributed by atoms with Crippen molar-refractivity contribution < 1.29 is 21.9 Å². The number of rotatable bonds is 8. The van der Waals surface area contributed by atoms with E-state index >= 15 is 0 Å². The summed E-state index contributed by atoms with van der Waals surface area (Å²) in [5.41, 5.74) is 15.9. The first-order valence-corrected chi connectivity index (χ1v) is 32.4.